The van der Waals surface area contributed by atoms with Crippen LogP contribution in [0.4, 0.5) is 0 Å². The summed E-state index contributed by atoms with van der Waals surface area (Å²) in [5, 5.41) is 15.5. The summed E-state index contributed by atoms with van der Waals surface area (Å²) in [6.45, 7) is 5.61. The van der Waals surface area contributed by atoms with Gasteiger partial charge in [-0.05, 0) is 36.0 Å². The van der Waals surface area contributed by atoms with Crippen LogP contribution >= 0.6 is 11.6 Å². The molecule has 0 aliphatic heterocycles. The van der Waals surface area contributed by atoms with E-state index in [1.165, 1.54) is 12.8 Å². The minimum Gasteiger partial charge on any atom is -0.477 e. The molecule has 1 heterocycles. The van der Waals surface area contributed by atoms with E-state index in [0.717, 1.165) is 28.5 Å². The van der Waals surface area contributed by atoms with Crippen molar-refractivity contribution < 1.29 is 9.90 Å². The van der Waals surface area contributed by atoms with E-state index in [1.807, 2.05) is 53.1 Å². The van der Waals surface area contributed by atoms with Crippen molar-refractivity contribution in [2.75, 3.05) is 0 Å². The van der Waals surface area contributed by atoms with Crippen molar-refractivity contribution >= 4 is 28.5 Å². The maximum Gasteiger partial charge on any atom is 0.352 e. The summed E-state index contributed by atoms with van der Waals surface area (Å²) >= 11 is 6.38. The highest BCUT2D eigenvalue weighted by atomic mass is 35.5. The highest BCUT2D eigenvalue weighted by Crippen LogP contribution is 2.32. The van der Waals surface area contributed by atoms with E-state index >= 15 is 0 Å². The molecule has 3 atom stereocenters. The van der Waals surface area contributed by atoms with Crippen molar-refractivity contribution in [3.63, 3.8) is 0 Å². The van der Waals surface area contributed by atoms with Gasteiger partial charge in [0.05, 0.1) is 0 Å². The first-order valence-corrected chi connectivity index (χ1v) is 11.2. The van der Waals surface area contributed by atoms with Crippen LogP contribution in [0.5, 0.6) is 0 Å². The van der Waals surface area contributed by atoms with Gasteiger partial charge in [0.2, 0.25) is 0 Å². The van der Waals surface area contributed by atoms with Crippen LogP contribution in [0.3, 0.4) is 0 Å². The molecule has 0 unspecified atom stereocenters. The molecule has 2 N–H and O–H groups in total. The zero-order valence-corrected chi connectivity index (χ0v) is 18.3. The van der Waals surface area contributed by atoms with Crippen molar-refractivity contribution in [1.29, 1.82) is 0 Å². The van der Waals surface area contributed by atoms with Gasteiger partial charge >= 0.3 is 5.97 Å². The van der Waals surface area contributed by atoms with Crippen LogP contribution in [-0.4, -0.2) is 21.7 Å². The van der Waals surface area contributed by atoms with Gasteiger partial charge in [0.25, 0.3) is 0 Å². The maximum absolute atomic E-state index is 12.4. The molecule has 0 bridgehead atoms. The van der Waals surface area contributed by atoms with Crippen molar-refractivity contribution in [2.45, 2.75) is 52.2 Å². The summed E-state index contributed by atoms with van der Waals surface area (Å²) in [6.07, 6.45) is 3.65. The van der Waals surface area contributed by atoms with Crippen LogP contribution < -0.4 is 5.32 Å². The molecule has 4 rings (SSSR count). The Bertz CT molecular complexity index is 1060. The number of rotatable bonds is 6. The largest absolute Gasteiger partial charge is 0.477 e. The van der Waals surface area contributed by atoms with E-state index in [9.17, 15) is 9.90 Å². The fourth-order valence-corrected chi connectivity index (χ4v) is 5.06. The average Bonchev–Trinajstić information content (AvgIpc) is 3.04. The van der Waals surface area contributed by atoms with E-state index in [0.29, 0.717) is 41.7 Å². The van der Waals surface area contributed by atoms with Gasteiger partial charge in [0.15, 0.2) is 0 Å². The molecular formula is C25H29ClN2O2. The molecule has 0 spiro atoms. The topological polar surface area (TPSA) is 54.3 Å². The number of carbonyl (C=O) groups is 1. The average molecular weight is 425 g/mol. The number of para-hydroxylation sites is 1. The summed E-state index contributed by atoms with van der Waals surface area (Å²) in [5.74, 6) is 0.375. The summed E-state index contributed by atoms with van der Waals surface area (Å²) < 4.78 is 1.89. The molecule has 5 heteroatoms. The minimum atomic E-state index is -0.903. The molecule has 158 valence electrons. The first kappa shape index (κ1) is 21.0. The quantitative estimate of drug-likeness (QED) is 0.513. The van der Waals surface area contributed by atoms with Crippen LogP contribution in [-0.2, 0) is 13.1 Å². The van der Waals surface area contributed by atoms with E-state index < -0.39 is 5.97 Å². The molecule has 2 aromatic carbocycles. The number of nitrogens with one attached hydrogen (secondary N) is 1. The Morgan fingerprint density at radius 1 is 1.13 bits per heavy atom. The monoisotopic (exact) mass is 424 g/mol. The third kappa shape index (κ3) is 3.99. The summed E-state index contributed by atoms with van der Waals surface area (Å²) in [6, 6.07) is 16.0. The van der Waals surface area contributed by atoms with E-state index in [-0.39, 0.29) is 0 Å². The zero-order chi connectivity index (χ0) is 21.3. The van der Waals surface area contributed by atoms with Crippen LogP contribution in [0.1, 0.15) is 54.7 Å². The molecule has 3 aromatic rings. The molecule has 1 aliphatic carbocycles. The van der Waals surface area contributed by atoms with Gasteiger partial charge in [-0.3, -0.25) is 0 Å². The van der Waals surface area contributed by atoms with Gasteiger partial charge in [-0.25, -0.2) is 4.79 Å². The smallest absolute Gasteiger partial charge is 0.352 e. The Hall–Kier alpha value is -2.30. The molecule has 4 nitrogen and oxygen atoms in total. The second-order valence-corrected chi connectivity index (χ2v) is 8.99. The molecule has 0 saturated heterocycles. The van der Waals surface area contributed by atoms with Gasteiger partial charge in [-0.15, -0.1) is 0 Å². The number of aromatic nitrogens is 1. The maximum atomic E-state index is 12.4. The molecule has 0 amide bonds. The zero-order valence-electron chi connectivity index (χ0n) is 17.6. The number of carboxylic acids is 1. The second-order valence-electron chi connectivity index (χ2n) is 8.58. The lowest BCUT2D eigenvalue weighted by Gasteiger charge is -2.34. The molecule has 1 aliphatic rings. The van der Waals surface area contributed by atoms with Crippen molar-refractivity contribution in [1.82, 2.24) is 9.88 Å². The Labute approximate surface area is 182 Å². The molecule has 30 heavy (non-hydrogen) atoms. The normalized spacial score (nSPS) is 21.8. The minimum absolute atomic E-state index is 0.347. The van der Waals surface area contributed by atoms with Crippen LogP contribution in [0.2, 0.25) is 5.02 Å². The number of carboxylic acid groups (broad SMARTS) is 1. The van der Waals surface area contributed by atoms with E-state index in [4.69, 9.17) is 11.6 Å². The Morgan fingerprint density at radius 3 is 2.63 bits per heavy atom. The number of nitrogens with zero attached hydrogens (tertiary/aromatic N) is 1. The number of hydrogen-bond acceptors (Lipinski definition) is 2. The Balaban J connectivity index is 1.73. The lowest BCUT2D eigenvalue weighted by Crippen LogP contribution is -2.40. The van der Waals surface area contributed by atoms with Gasteiger partial charge in [-0.2, -0.15) is 0 Å². The van der Waals surface area contributed by atoms with Crippen LogP contribution in [0.15, 0.2) is 48.5 Å². The predicted octanol–water partition coefficient (Wildman–Crippen LogP) is 5.96. The molecule has 0 radical (unpaired) electrons. The van der Waals surface area contributed by atoms with Gasteiger partial charge in [-0.1, -0.05) is 74.7 Å². The molecular weight excluding hydrogens is 396 g/mol. The number of hydrogen-bond donors (Lipinski definition) is 2. The third-order valence-electron chi connectivity index (χ3n) is 6.81. The summed E-state index contributed by atoms with van der Waals surface area (Å²) in [5.41, 5.74) is 3.05. The van der Waals surface area contributed by atoms with E-state index in [1.54, 1.807) is 0 Å². The molecule has 1 aromatic heterocycles. The number of aromatic carboxylic acids is 1. The lowest BCUT2D eigenvalue weighted by molar-refractivity contribution is 0.0684. The number of fused-ring (bicyclic) bond motifs is 1. The second kappa shape index (κ2) is 8.83. The van der Waals surface area contributed by atoms with Gasteiger partial charge in [0.1, 0.15) is 5.69 Å². The standard InChI is InChI=1S/C25H29ClN2O2/c1-16-8-7-12-22(17(16)2)27-14-20-19-10-4-6-13-23(19)28(24(20)25(29)30)15-18-9-3-5-11-21(18)26/h3-6,9-11,13,16-17,22,27H,7-8,12,14-15H2,1-2H3,(H,29,30)/t16-,17+,22+/m1/s1. The van der Waals surface area contributed by atoms with Gasteiger partial charge < -0.3 is 15.0 Å². The fraction of sp³-hybridized carbons (Fsp3) is 0.400. The van der Waals surface area contributed by atoms with Crippen LogP contribution in [0.25, 0.3) is 10.9 Å². The molecule has 1 fully saturated rings. The highest BCUT2D eigenvalue weighted by Gasteiger charge is 2.28. The first-order valence-electron chi connectivity index (χ1n) is 10.8. The van der Waals surface area contributed by atoms with Crippen molar-refractivity contribution in [3.8, 4) is 0 Å². The fourth-order valence-electron chi connectivity index (χ4n) is 4.86. The summed E-state index contributed by atoms with van der Waals surface area (Å²) in [4.78, 5) is 12.4. The van der Waals surface area contributed by atoms with Crippen molar-refractivity contribution in [3.05, 3.63) is 70.4 Å². The predicted molar refractivity (Wildman–Crippen MR) is 122 cm³/mol. The van der Waals surface area contributed by atoms with Crippen molar-refractivity contribution in [2.24, 2.45) is 11.8 Å². The van der Waals surface area contributed by atoms with Gasteiger partial charge in [0, 0.05) is 40.6 Å². The van der Waals surface area contributed by atoms with E-state index in [2.05, 4.69) is 19.2 Å². The highest BCUT2D eigenvalue weighted by molar-refractivity contribution is 6.31. The third-order valence-corrected chi connectivity index (χ3v) is 7.18. The number of halogens is 1. The molecule has 1 saturated carbocycles. The van der Waals surface area contributed by atoms with Crippen LogP contribution in [0, 0.1) is 11.8 Å². The number of benzene rings is 2. The summed E-state index contributed by atoms with van der Waals surface area (Å²) in [7, 11) is 0. The Morgan fingerprint density at radius 2 is 1.87 bits per heavy atom. The lowest BCUT2D eigenvalue weighted by atomic mass is 9.78. The SMILES string of the molecule is C[C@H]1[C@H](C)CCC[C@@H]1NCc1c(C(=O)O)n(Cc2ccccc2Cl)c2ccccc12. The Kier molecular flexibility index (Phi) is 6.16. The first-order chi connectivity index (χ1) is 14.5.